The van der Waals surface area contributed by atoms with E-state index in [1.165, 1.54) is 11.1 Å². The lowest BCUT2D eigenvalue weighted by Gasteiger charge is -2.09. The van der Waals surface area contributed by atoms with Gasteiger partial charge >= 0.3 is 5.97 Å². The second-order valence-electron chi connectivity index (χ2n) is 4.13. The van der Waals surface area contributed by atoms with E-state index in [0.717, 1.165) is 24.0 Å². The van der Waals surface area contributed by atoms with Crippen molar-refractivity contribution in [1.82, 2.24) is 0 Å². The van der Waals surface area contributed by atoms with Crippen LogP contribution in [0.1, 0.15) is 17.5 Å². The predicted octanol–water partition coefficient (Wildman–Crippen LogP) is 2.50. The molecule has 2 aliphatic rings. The molecule has 3 rings (SSSR count). The Hall–Kier alpha value is -1.83. The van der Waals surface area contributed by atoms with Gasteiger partial charge in [0, 0.05) is 0 Å². The maximum absolute atomic E-state index is 11.5. The lowest BCUT2D eigenvalue weighted by atomic mass is 9.94. The molecule has 0 aromatic heterocycles. The van der Waals surface area contributed by atoms with E-state index in [9.17, 15) is 4.79 Å². The molecule has 2 nitrogen and oxygen atoms in total. The smallest absolute Gasteiger partial charge is 0.338 e. The van der Waals surface area contributed by atoms with Crippen LogP contribution in [0.4, 0.5) is 0 Å². The lowest BCUT2D eigenvalue weighted by molar-refractivity contribution is -0.135. The Morgan fingerprint density at radius 3 is 2.88 bits per heavy atom. The number of benzene rings is 1. The standard InChI is InChI=1S/C14H12O2/c15-14-13-8-7-11-4-2-1-3-10(11)5-6-12(13)9-16-14/h1-4,7-8H,5-6,9H2/b8-7-. The minimum Gasteiger partial charge on any atom is -0.458 e. The van der Waals surface area contributed by atoms with E-state index in [1.807, 2.05) is 18.2 Å². The van der Waals surface area contributed by atoms with Gasteiger partial charge in [-0.1, -0.05) is 30.3 Å². The molecule has 0 N–H and O–H groups in total. The fraction of sp³-hybridized carbons (Fsp3) is 0.214. The van der Waals surface area contributed by atoms with Gasteiger partial charge in [0.1, 0.15) is 6.61 Å². The Kier molecular flexibility index (Phi) is 2.13. The number of fused-ring (bicyclic) bond motifs is 1. The largest absolute Gasteiger partial charge is 0.458 e. The highest BCUT2D eigenvalue weighted by atomic mass is 16.5. The van der Waals surface area contributed by atoms with Gasteiger partial charge in [-0.05, 0) is 35.6 Å². The highest BCUT2D eigenvalue weighted by molar-refractivity contribution is 5.96. The molecule has 0 spiro atoms. The van der Waals surface area contributed by atoms with E-state index < -0.39 is 0 Å². The van der Waals surface area contributed by atoms with Crippen molar-refractivity contribution in [3.8, 4) is 0 Å². The molecule has 0 saturated carbocycles. The lowest BCUT2D eigenvalue weighted by Crippen LogP contribution is -1.98. The zero-order chi connectivity index (χ0) is 11.0. The minimum absolute atomic E-state index is 0.175. The molecule has 16 heavy (non-hydrogen) atoms. The quantitative estimate of drug-likeness (QED) is 0.618. The second kappa shape index (κ2) is 3.63. The third-order valence-corrected chi connectivity index (χ3v) is 3.16. The van der Waals surface area contributed by atoms with Gasteiger partial charge in [-0.3, -0.25) is 0 Å². The van der Waals surface area contributed by atoms with Crippen molar-refractivity contribution >= 4 is 12.0 Å². The summed E-state index contributed by atoms with van der Waals surface area (Å²) in [4.78, 5) is 11.5. The molecule has 0 atom stereocenters. The van der Waals surface area contributed by atoms with E-state index >= 15 is 0 Å². The molecule has 0 saturated heterocycles. The summed E-state index contributed by atoms with van der Waals surface area (Å²) in [7, 11) is 0. The molecule has 1 heterocycles. The molecular weight excluding hydrogens is 200 g/mol. The first-order chi connectivity index (χ1) is 7.84. The Morgan fingerprint density at radius 1 is 1.06 bits per heavy atom. The van der Waals surface area contributed by atoms with Crippen molar-refractivity contribution in [3.63, 3.8) is 0 Å². The molecule has 0 unspecified atom stereocenters. The fourth-order valence-electron chi connectivity index (χ4n) is 2.23. The van der Waals surface area contributed by atoms with Gasteiger partial charge in [0.25, 0.3) is 0 Å². The monoisotopic (exact) mass is 212 g/mol. The molecule has 1 aliphatic carbocycles. The predicted molar refractivity (Wildman–Crippen MR) is 61.8 cm³/mol. The second-order valence-corrected chi connectivity index (χ2v) is 4.13. The molecule has 80 valence electrons. The fourth-order valence-corrected chi connectivity index (χ4v) is 2.23. The summed E-state index contributed by atoms with van der Waals surface area (Å²) in [6.07, 6.45) is 5.80. The summed E-state index contributed by atoms with van der Waals surface area (Å²) in [5.41, 5.74) is 4.43. The van der Waals surface area contributed by atoms with Crippen molar-refractivity contribution in [2.75, 3.05) is 6.61 Å². The van der Waals surface area contributed by atoms with Crippen molar-refractivity contribution in [2.45, 2.75) is 12.8 Å². The van der Waals surface area contributed by atoms with Gasteiger partial charge in [0.2, 0.25) is 0 Å². The number of cyclic esters (lactones) is 1. The Labute approximate surface area is 94.2 Å². The Bertz CT molecular complexity index is 509. The van der Waals surface area contributed by atoms with Crippen LogP contribution in [-0.2, 0) is 16.0 Å². The number of aryl methyl sites for hydroxylation is 1. The molecular formula is C14H12O2. The van der Waals surface area contributed by atoms with E-state index in [1.54, 1.807) is 0 Å². The summed E-state index contributed by atoms with van der Waals surface area (Å²) >= 11 is 0. The minimum atomic E-state index is -0.175. The summed E-state index contributed by atoms with van der Waals surface area (Å²) in [5, 5.41) is 0. The first-order valence-corrected chi connectivity index (χ1v) is 5.50. The van der Waals surface area contributed by atoms with Crippen LogP contribution < -0.4 is 0 Å². The van der Waals surface area contributed by atoms with Crippen LogP contribution in [-0.4, -0.2) is 12.6 Å². The average molecular weight is 212 g/mol. The molecule has 0 fully saturated rings. The van der Waals surface area contributed by atoms with Crippen LogP contribution in [0.3, 0.4) is 0 Å². The molecule has 0 bridgehead atoms. The number of rotatable bonds is 0. The number of ether oxygens (including phenoxy) is 1. The maximum Gasteiger partial charge on any atom is 0.338 e. The molecule has 2 heteroatoms. The van der Waals surface area contributed by atoms with Crippen molar-refractivity contribution < 1.29 is 9.53 Å². The first-order valence-electron chi connectivity index (χ1n) is 5.50. The SMILES string of the molecule is O=C1OCC2=C1/C=C\c1ccccc1CC2. The van der Waals surface area contributed by atoms with Gasteiger partial charge in [-0.2, -0.15) is 0 Å². The van der Waals surface area contributed by atoms with Crippen molar-refractivity contribution in [3.05, 3.63) is 52.6 Å². The molecule has 1 aromatic carbocycles. The Balaban J connectivity index is 2.05. The van der Waals surface area contributed by atoms with Crippen LogP contribution in [0.5, 0.6) is 0 Å². The number of hydrogen-bond acceptors (Lipinski definition) is 2. The van der Waals surface area contributed by atoms with Gasteiger partial charge < -0.3 is 4.74 Å². The third-order valence-electron chi connectivity index (χ3n) is 3.16. The van der Waals surface area contributed by atoms with Crippen molar-refractivity contribution in [1.29, 1.82) is 0 Å². The molecule has 0 amide bonds. The third kappa shape index (κ3) is 1.47. The number of carbonyl (C=O) groups is 1. The van der Waals surface area contributed by atoms with Crippen LogP contribution in [0.25, 0.3) is 6.08 Å². The van der Waals surface area contributed by atoms with E-state index in [2.05, 4.69) is 18.2 Å². The highest BCUT2D eigenvalue weighted by Gasteiger charge is 2.23. The molecule has 0 radical (unpaired) electrons. The van der Waals surface area contributed by atoms with Crippen molar-refractivity contribution in [2.24, 2.45) is 0 Å². The number of hydrogen-bond donors (Lipinski definition) is 0. The summed E-state index contributed by atoms with van der Waals surface area (Å²) < 4.78 is 5.05. The molecule has 1 aromatic rings. The maximum atomic E-state index is 11.5. The average Bonchev–Trinajstić information content (AvgIpc) is 2.62. The van der Waals surface area contributed by atoms with Gasteiger partial charge in [0.15, 0.2) is 0 Å². The van der Waals surface area contributed by atoms with Crippen LogP contribution in [0.2, 0.25) is 0 Å². The number of esters is 1. The van der Waals surface area contributed by atoms with E-state index in [0.29, 0.717) is 6.61 Å². The zero-order valence-corrected chi connectivity index (χ0v) is 8.90. The summed E-state index contributed by atoms with van der Waals surface area (Å²) in [6, 6.07) is 8.30. The van der Waals surface area contributed by atoms with E-state index in [-0.39, 0.29) is 5.97 Å². The zero-order valence-electron chi connectivity index (χ0n) is 8.90. The van der Waals surface area contributed by atoms with Gasteiger partial charge in [-0.25, -0.2) is 4.79 Å². The highest BCUT2D eigenvalue weighted by Crippen LogP contribution is 2.26. The normalized spacial score (nSPS) is 20.6. The molecule has 1 aliphatic heterocycles. The van der Waals surface area contributed by atoms with Gasteiger partial charge in [-0.15, -0.1) is 0 Å². The van der Waals surface area contributed by atoms with Crippen LogP contribution >= 0.6 is 0 Å². The number of carbonyl (C=O) groups excluding carboxylic acids is 1. The summed E-state index contributed by atoms with van der Waals surface area (Å²) in [6.45, 7) is 0.473. The van der Waals surface area contributed by atoms with E-state index in [4.69, 9.17) is 4.74 Å². The summed E-state index contributed by atoms with van der Waals surface area (Å²) in [5.74, 6) is -0.175. The first kappa shape index (κ1) is 9.40. The van der Waals surface area contributed by atoms with Gasteiger partial charge in [0.05, 0.1) is 5.57 Å². The van der Waals surface area contributed by atoms with Crippen LogP contribution in [0, 0.1) is 0 Å². The Morgan fingerprint density at radius 2 is 1.94 bits per heavy atom. The topological polar surface area (TPSA) is 26.3 Å². The van der Waals surface area contributed by atoms with Crippen LogP contribution in [0.15, 0.2) is 41.5 Å².